The zero-order valence-electron chi connectivity index (χ0n) is 13.7. The first-order valence-electron chi connectivity index (χ1n) is 6.92. The number of carbonyl (C=O) groups excluding carboxylic acids is 1. The summed E-state index contributed by atoms with van der Waals surface area (Å²) in [6.07, 6.45) is -4.31. The van der Waals surface area contributed by atoms with Gasteiger partial charge in [-0.25, -0.2) is 19.7 Å². The zero-order chi connectivity index (χ0) is 19.0. The van der Waals surface area contributed by atoms with Crippen molar-refractivity contribution in [3.05, 3.63) is 23.2 Å². The molecule has 0 aromatic carbocycles. The maximum Gasteiger partial charge on any atom is 0.434 e. The Morgan fingerprint density at radius 2 is 1.92 bits per heavy atom. The number of hydrogen-bond acceptors (Lipinski definition) is 6. The van der Waals surface area contributed by atoms with Crippen LogP contribution in [0.3, 0.4) is 0 Å². The maximum atomic E-state index is 13.3. The monoisotopic (exact) mass is 394 g/mol. The van der Waals surface area contributed by atoms with E-state index in [0.29, 0.717) is 11.3 Å². The third kappa shape index (κ3) is 4.79. The Bertz CT molecular complexity index is 789. The molecule has 0 unspecified atom stereocenters. The number of rotatable bonds is 2. The fraction of sp³-hybridized carbons (Fsp3) is 0.429. The van der Waals surface area contributed by atoms with Crippen LogP contribution >= 0.6 is 22.9 Å². The third-order valence-electron chi connectivity index (χ3n) is 2.70. The molecule has 0 aliphatic carbocycles. The Balaban J connectivity index is 2.47. The minimum absolute atomic E-state index is 0.0336. The standard InChI is InChI=1S/C14H14ClF3N4O2S/c1-13(2,3)24-12(23)22(4)11-21-9(14(16,17)18)8(25-11)7-5-6-19-10(15)20-7/h5-6H,1-4H3. The Kier molecular flexibility index (Phi) is 5.24. The van der Waals surface area contributed by atoms with Gasteiger partial charge in [0, 0.05) is 13.2 Å². The number of amides is 1. The van der Waals surface area contributed by atoms with Gasteiger partial charge >= 0.3 is 12.3 Å². The average molecular weight is 395 g/mol. The van der Waals surface area contributed by atoms with Crippen LogP contribution in [0.2, 0.25) is 5.28 Å². The fourth-order valence-electron chi connectivity index (χ4n) is 1.69. The Morgan fingerprint density at radius 1 is 1.28 bits per heavy atom. The highest BCUT2D eigenvalue weighted by Gasteiger charge is 2.39. The van der Waals surface area contributed by atoms with Crippen LogP contribution in [-0.2, 0) is 10.9 Å². The van der Waals surface area contributed by atoms with Crippen LogP contribution in [0.25, 0.3) is 10.6 Å². The van der Waals surface area contributed by atoms with Crippen molar-refractivity contribution < 1.29 is 22.7 Å². The summed E-state index contributed by atoms with van der Waals surface area (Å²) < 4.78 is 45.1. The SMILES string of the molecule is CN(C(=O)OC(C)(C)C)c1nc(C(F)(F)F)c(-c2ccnc(Cl)n2)s1. The number of carbonyl (C=O) groups is 1. The molecule has 2 aromatic heterocycles. The van der Waals surface area contributed by atoms with Crippen molar-refractivity contribution in [2.75, 3.05) is 11.9 Å². The number of thiazole rings is 1. The molecule has 0 N–H and O–H groups in total. The lowest BCUT2D eigenvalue weighted by molar-refractivity contribution is -0.140. The van der Waals surface area contributed by atoms with Crippen molar-refractivity contribution in [3.8, 4) is 10.6 Å². The molecule has 0 spiro atoms. The summed E-state index contributed by atoms with van der Waals surface area (Å²) in [6.45, 7) is 4.95. The van der Waals surface area contributed by atoms with Crippen molar-refractivity contribution in [1.82, 2.24) is 15.0 Å². The first-order chi connectivity index (χ1) is 11.4. The fourth-order valence-corrected chi connectivity index (χ4v) is 2.84. The summed E-state index contributed by atoms with van der Waals surface area (Å²) >= 11 is 6.31. The summed E-state index contributed by atoms with van der Waals surface area (Å²) in [5.74, 6) is 0. The molecule has 6 nitrogen and oxygen atoms in total. The third-order valence-corrected chi connectivity index (χ3v) is 4.03. The molecule has 25 heavy (non-hydrogen) atoms. The van der Waals surface area contributed by atoms with Crippen molar-refractivity contribution >= 4 is 34.2 Å². The van der Waals surface area contributed by atoms with E-state index in [2.05, 4.69) is 15.0 Å². The van der Waals surface area contributed by atoms with E-state index in [1.54, 1.807) is 20.8 Å². The highest BCUT2D eigenvalue weighted by atomic mass is 35.5. The molecule has 0 saturated heterocycles. The molecule has 136 valence electrons. The number of anilines is 1. The van der Waals surface area contributed by atoms with Gasteiger partial charge in [0.1, 0.15) is 5.60 Å². The topological polar surface area (TPSA) is 68.2 Å². The second-order valence-electron chi connectivity index (χ2n) is 5.92. The largest absolute Gasteiger partial charge is 0.443 e. The summed E-state index contributed by atoms with van der Waals surface area (Å²) in [7, 11) is 1.28. The molecular weight excluding hydrogens is 381 g/mol. The number of ether oxygens (including phenoxy) is 1. The van der Waals surface area contributed by atoms with E-state index in [4.69, 9.17) is 16.3 Å². The number of aromatic nitrogens is 3. The summed E-state index contributed by atoms with van der Waals surface area (Å²) in [5, 5.41) is -0.368. The Hall–Kier alpha value is -1.94. The van der Waals surface area contributed by atoms with Gasteiger partial charge in [0.2, 0.25) is 5.28 Å². The van der Waals surface area contributed by atoms with E-state index in [0.717, 1.165) is 4.90 Å². The minimum Gasteiger partial charge on any atom is -0.443 e. The van der Waals surface area contributed by atoms with Crippen LogP contribution < -0.4 is 4.90 Å². The number of halogens is 4. The Morgan fingerprint density at radius 3 is 2.44 bits per heavy atom. The first-order valence-corrected chi connectivity index (χ1v) is 8.11. The van der Waals surface area contributed by atoms with Crippen LogP contribution in [0, 0.1) is 0 Å². The van der Waals surface area contributed by atoms with Crippen molar-refractivity contribution in [3.63, 3.8) is 0 Å². The summed E-state index contributed by atoms with van der Waals surface area (Å²) in [5.41, 5.74) is -1.98. The number of hydrogen-bond donors (Lipinski definition) is 0. The molecule has 0 atom stereocenters. The van der Waals surface area contributed by atoms with Gasteiger partial charge in [-0.3, -0.25) is 4.90 Å². The van der Waals surface area contributed by atoms with Gasteiger partial charge in [0.25, 0.3) is 0 Å². The van der Waals surface area contributed by atoms with E-state index >= 15 is 0 Å². The molecule has 0 fully saturated rings. The summed E-state index contributed by atoms with van der Waals surface area (Å²) in [4.78, 5) is 23.7. The van der Waals surface area contributed by atoms with Gasteiger partial charge < -0.3 is 4.74 Å². The molecule has 0 aliphatic rings. The lowest BCUT2D eigenvalue weighted by atomic mass is 10.2. The van der Waals surface area contributed by atoms with Crippen molar-refractivity contribution in [1.29, 1.82) is 0 Å². The van der Waals surface area contributed by atoms with Crippen LogP contribution in [0.5, 0.6) is 0 Å². The average Bonchev–Trinajstić information content (AvgIpc) is 2.89. The molecule has 2 rings (SSSR count). The molecule has 0 radical (unpaired) electrons. The van der Waals surface area contributed by atoms with Gasteiger partial charge in [-0.15, -0.1) is 0 Å². The van der Waals surface area contributed by atoms with E-state index in [1.165, 1.54) is 19.3 Å². The van der Waals surface area contributed by atoms with Gasteiger partial charge in [0.15, 0.2) is 10.8 Å². The van der Waals surface area contributed by atoms with E-state index in [-0.39, 0.29) is 21.0 Å². The number of alkyl halides is 3. The maximum absolute atomic E-state index is 13.3. The predicted octanol–water partition coefficient (Wildman–Crippen LogP) is 4.64. The second kappa shape index (κ2) is 6.75. The van der Waals surface area contributed by atoms with Gasteiger partial charge in [-0.1, -0.05) is 11.3 Å². The summed E-state index contributed by atoms with van der Waals surface area (Å²) in [6, 6.07) is 1.28. The first kappa shape index (κ1) is 19.4. The van der Waals surface area contributed by atoms with E-state index < -0.39 is 23.6 Å². The molecule has 11 heteroatoms. The lowest BCUT2D eigenvalue weighted by Crippen LogP contribution is -2.34. The van der Waals surface area contributed by atoms with Crippen molar-refractivity contribution in [2.24, 2.45) is 0 Å². The van der Waals surface area contributed by atoms with Crippen LogP contribution in [0.15, 0.2) is 12.3 Å². The highest BCUT2D eigenvalue weighted by molar-refractivity contribution is 7.19. The molecule has 2 heterocycles. The van der Waals surface area contributed by atoms with E-state index in [1.807, 2.05) is 0 Å². The van der Waals surface area contributed by atoms with Gasteiger partial charge in [-0.2, -0.15) is 13.2 Å². The quantitative estimate of drug-likeness (QED) is 0.694. The van der Waals surface area contributed by atoms with Crippen LogP contribution in [0.4, 0.5) is 23.1 Å². The predicted molar refractivity (Wildman–Crippen MR) is 87.8 cm³/mol. The normalized spacial score (nSPS) is 12.2. The second-order valence-corrected chi connectivity index (χ2v) is 7.24. The molecule has 0 saturated carbocycles. The van der Waals surface area contributed by atoms with Crippen LogP contribution in [0.1, 0.15) is 26.5 Å². The lowest BCUT2D eigenvalue weighted by Gasteiger charge is -2.23. The van der Waals surface area contributed by atoms with Crippen LogP contribution in [-0.4, -0.2) is 33.7 Å². The molecule has 1 amide bonds. The molecule has 2 aromatic rings. The van der Waals surface area contributed by atoms with E-state index in [9.17, 15) is 18.0 Å². The minimum atomic E-state index is -4.73. The smallest absolute Gasteiger partial charge is 0.434 e. The zero-order valence-corrected chi connectivity index (χ0v) is 15.3. The number of nitrogens with zero attached hydrogens (tertiary/aromatic N) is 4. The van der Waals surface area contributed by atoms with Gasteiger partial charge in [-0.05, 0) is 38.4 Å². The molecule has 0 bridgehead atoms. The van der Waals surface area contributed by atoms with Gasteiger partial charge in [0.05, 0.1) is 10.6 Å². The molecular formula is C14H14ClF3N4O2S. The Labute approximate surface area is 150 Å². The van der Waals surface area contributed by atoms with Crippen molar-refractivity contribution in [2.45, 2.75) is 32.5 Å². The molecule has 0 aliphatic heterocycles. The highest BCUT2D eigenvalue weighted by Crippen LogP contribution is 2.42.